The van der Waals surface area contributed by atoms with Crippen LogP contribution in [0.5, 0.6) is 11.5 Å². The average Bonchev–Trinajstić information content (AvgIpc) is 2.54. The van der Waals surface area contributed by atoms with E-state index in [1.54, 1.807) is 6.07 Å². The van der Waals surface area contributed by atoms with E-state index >= 15 is 0 Å². The molecule has 0 aromatic heterocycles. The van der Waals surface area contributed by atoms with Crippen LogP contribution in [0.15, 0.2) is 12.1 Å². The number of hydrogen-bond acceptors (Lipinski definition) is 5. The number of rotatable bonds is 7. The third kappa shape index (κ3) is 3.90. The summed E-state index contributed by atoms with van der Waals surface area (Å²) in [6.07, 6.45) is 1.45. The average molecular weight is 309 g/mol. The summed E-state index contributed by atoms with van der Waals surface area (Å²) in [4.78, 5) is 24.2. The fourth-order valence-electron chi connectivity index (χ4n) is 2.16. The molecule has 0 aliphatic heterocycles. The van der Waals surface area contributed by atoms with Gasteiger partial charge in [0.25, 0.3) is 0 Å². The number of carbonyl (C=O) groups is 2. The van der Waals surface area contributed by atoms with Gasteiger partial charge >= 0.3 is 5.97 Å². The van der Waals surface area contributed by atoms with E-state index in [2.05, 4.69) is 5.32 Å². The van der Waals surface area contributed by atoms with Gasteiger partial charge in [-0.3, -0.25) is 4.79 Å². The molecule has 1 aromatic rings. The van der Waals surface area contributed by atoms with E-state index < -0.39 is 5.97 Å². The van der Waals surface area contributed by atoms with Gasteiger partial charge in [0, 0.05) is 18.1 Å². The van der Waals surface area contributed by atoms with E-state index in [4.69, 9.17) is 14.2 Å². The molecule has 0 atom stereocenters. The lowest BCUT2D eigenvalue weighted by molar-refractivity contribution is -0.120. The summed E-state index contributed by atoms with van der Waals surface area (Å²) in [5.41, 5.74) is 0.570. The van der Waals surface area contributed by atoms with Crippen molar-refractivity contribution in [3.8, 4) is 11.5 Å². The molecule has 6 nitrogen and oxygen atoms in total. The summed E-state index contributed by atoms with van der Waals surface area (Å²) >= 11 is 0. The number of anilines is 1. The molecule has 0 fully saturated rings. The zero-order valence-electron chi connectivity index (χ0n) is 13.7. The summed E-state index contributed by atoms with van der Waals surface area (Å²) in [5.74, 6) is 0.0141. The van der Waals surface area contributed by atoms with Crippen LogP contribution >= 0.6 is 0 Å². The normalized spacial score (nSPS) is 10.3. The van der Waals surface area contributed by atoms with Crippen molar-refractivity contribution in [1.29, 1.82) is 0 Å². The molecule has 122 valence electrons. The van der Waals surface area contributed by atoms with Crippen LogP contribution in [0, 0.1) is 5.92 Å². The summed E-state index contributed by atoms with van der Waals surface area (Å²) in [6.45, 7) is 3.90. The maximum atomic E-state index is 12.3. The van der Waals surface area contributed by atoms with Gasteiger partial charge in [-0.25, -0.2) is 4.79 Å². The number of carbonyl (C=O) groups excluding carboxylic acids is 2. The highest BCUT2D eigenvalue weighted by Gasteiger charge is 2.21. The molecule has 1 aromatic carbocycles. The number of ether oxygens (including phenoxy) is 3. The Morgan fingerprint density at radius 3 is 2.05 bits per heavy atom. The first kappa shape index (κ1) is 17.8. The summed E-state index contributed by atoms with van der Waals surface area (Å²) in [7, 11) is 4.25. The Labute approximate surface area is 130 Å². The highest BCUT2D eigenvalue weighted by Crippen LogP contribution is 2.34. The molecule has 0 heterocycles. The van der Waals surface area contributed by atoms with Gasteiger partial charge in [-0.2, -0.15) is 0 Å². The van der Waals surface area contributed by atoms with Crippen LogP contribution in [-0.2, 0) is 9.53 Å². The van der Waals surface area contributed by atoms with Crippen LogP contribution in [0.1, 0.15) is 37.0 Å². The monoisotopic (exact) mass is 309 g/mol. The number of benzene rings is 1. The number of nitrogens with one attached hydrogen (secondary N) is 1. The van der Waals surface area contributed by atoms with Crippen molar-refractivity contribution in [1.82, 2.24) is 0 Å². The topological polar surface area (TPSA) is 73.9 Å². The zero-order valence-corrected chi connectivity index (χ0v) is 13.7. The first-order chi connectivity index (χ1) is 10.5. The predicted molar refractivity (Wildman–Crippen MR) is 83.6 cm³/mol. The molecule has 0 bridgehead atoms. The molecule has 0 unspecified atom stereocenters. The predicted octanol–water partition coefficient (Wildman–Crippen LogP) is 2.87. The number of amides is 1. The number of methoxy groups -OCH3 is 3. The van der Waals surface area contributed by atoms with Crippen molar-refractivity contribution in [2.45, 2.75) is 26.7 Å². The molecule has 0 saturated heterocycles. The van der Waals surface area contributed by atoms with Crippen molar-refractivity contribution in [2.75, 3.05) is 26.6 Å². The highest BCUT2D eigenvalue weighted by molar-refractivity contribution is 6.02. The molecule has 1 amide bonds. The van der Waals surface area contributed by atoms with Crippen molar-refractivity contribution in [3.63, 3.8) is 0 Å². The van der Waals surface area contributed by atoms with Gasteiger partial charge in [-0.05, 0) is 12.8 Å². The molecule has 22 heavy (non-hydrogen) atoms. The van der Waals surface area contributed by atoms with Crippen LogP contribution in [0.25, 0.3) is 0 Å². The largest absolute Gasteiger partial charge is 0.493 e. The van der Waals surface area contributed by atoms with E-state index in [9.17, 15) is 9.59 Å². The van der Waals surface area contributed by atoms with Gasteiger partial charge in [0.1, 0.15) is 0 Å². The first-order valence-corrected chi connectivity index (χ1v) is 7.17. The van der Waals surface area contributed by atoms with Crippen LogP contribution in [-0.4, -0.2) is 33.2 Å². The molecule has 1 rings (SSSR count). The van der Waals surface area contributed by atoms with Crippen LogP contribution < -0.4 is 14.8 Å². The minimum Gasteiger partial charge on any atom is -0.493 e. The van der Waals surface area contributed by atoms with Crippen molar-refractivity contribution >= 4 is 17.6 Å². The molecule has 0 spiro atoms. The Morgan fingerprint density at radius 2 is 1.59 bits per heavy atom. The van der Waals surface area contributed by atoms with Crippen molar-refractivity contribution in [2.24, 2.45) is 5.92 Å². The van der Waals surface area contributed by atoms with E-state index in [0.717, 1.165) is 12.8 Å². The Hall–Kier alpha value is -2.24. The third-order valence-electron chi connectivity index (χ3n) is 3.54. The molecule has 6 heteroatoms. The van der Waals surface area contributed by atoms with E-state index in [-0.39, 0.29) is 17.4 Å². The molecular weight excluding hydrogens is 286 g/mol. The molecule has 0 radical (unpaired) electrons. The second-order valence-corrected chi connectivity index (χ2v) is 4.75. The Morgan fingerprint density at radius 1 is 1.05 bits per heavy atom. The quantitative estimate of drug-likeness (QED) is 0.784. The van der Waals surface area contributed by atoms with Crippen LogP contribution in [0.3, 0.4) is 0 Å². The number of hydrogen-bond donors (Lipinski definition) is 1. The lowest BCUT2D eigenvalue weighted by Crippen LogP contribution is -2.23. The lowest BCUT2D eigenvalue weighted by Gasteiger charge is -2.17. The van der Waals surface area contributed by atoms with E-state index in [0.29, 0.717) is 17.2 Å². The Balaban J connectivity index is 3.25. The number of esters is 1. The van der Waals surface area contributed by atoms with Crippen LogP contribution in [0.4, 0.5) is 5.69 Å². The molecular formula is C16H23NO5. The van der Waals surface area contributed by atoms with Gasteiger partial charge in [0.15, 0.2) is 11.5 Å². The molecule has 0 aliphatic carbocycles. The maximum Gasteiger partial charge on any atom is 0.340 e. The minimum atomic E-state index is -0.555. The SMILES string of the molecule is CCC(CC)C(=O)Nc1cc(OC)c(OC)cc1C(=O)OC. The smallest absolute Gasteiger partial charge is 0.340 e. The molecule has 0 saturated carbocycles. The van der Waals surface area contributed by atoms with Crippen molar-refractivity contribution < 1.29 is 23.8 Å². The second kappa shape index (κ2) is 8.26. The Kier molecular flexibility index (Phi) is 6.69. The van der Waals surface area contributed by atoms with Gasteiger partial charge in [-0.15, -0.1) is 0 Å². The van der Waals surface area contributed by atoms with Gasteiger partial charge in [0.2, 0.25) is 5.91 Å². The standard InChI is InChI=1S/C16H23NO5/c1-6-10(7-2)15(18)17-12-9-14(21-4)13(20-3)8-11(12)16(19)22-5/h8-10H,6-7H2,1-5H3,(H,17,18). The van der Waals surface area contributed by atoms with Gasteiger partial charge in [0.05, 0.1) is 32.6 Å². The van der Waals surface area contributed by atoms with Gasteiger partial charge < -0.3 is 19.5 Å². The third-order valence-corrected chi connectivity index (χ3v) is 3.54. The summed E-state index contributed by atoms with van der Waals surface area (Å²) in [5, 5.41) is 2.78. The lowest BCUT2D eigenvalue weighted by atomic mass is 10.0. The van der Waals surface area contributed by atoms with Crippen molar-refractivity contribution in [3.05, 3.63) is 17.7 Å². The van der Waals surface area contributed by atoms with E-state index in [1.807, 2.05) is 13.8 Å². The minimum absolute atomic E-state index is 0.112. The zero-order chi connectivity index (χ0) is 16.7. The van der Waals surface area contributed by atoms with Gasteiger partial charge in [-0.1, -0.05) is 13.8 Å². The van der Waals surface area contributed by atoms with Crippen LogP contribution in [0.2, 0.25) is 0 Å². The Bertz CT molecular complexity index is 538. The van der Waals surface area contributed by atoms with E-state index in [1.165, 1.54) is 27.4 Å². The fourth-order valence-corrected chi connectivity index (χ4v) is 2.16. The second-order valence-electron chi connectivity index (χ2n) is 4.75. The summed E-state index contributed by atoms with van der Waals surface area (Å²) in [6, 6.07) is 3.05. The maximum absolute atomic E-state index is 12.3. The first-order valence-electron chi connectivity index (χ1n) is 7.17. The summed E-state index contributed by atoms with van der Waals surface area (Å²) < 4.78 is 15.1. The molecule has 0 aliphatic rings. The molecule has 1 N–H and O–H groups in total. The fraction of sp³-hybridized carbons (Fsp3) is 0.500. The highest BCUT2D eigenvalue weighted by atomic mass is 16.5.